The predicted molar refractivity (Wildman–Crippen MR) is 176 cm³/mol. The Labute approximate surface area is 270 Å². The molecule has 0 bridgehead atoms. The Morgan fingerprint density at radius 1 is 0.761 bits per heavy atom. The standard InChI is InChI=1S/C34H39O10S2/c1-25(35)22-30(36)18-20-33(45(39,40)41,23-27-12-6-3-7-13-27)31(37)19-21-34(46(42,43)44,24-28-14-8-4-9-15-28)32(38)26(2)29-16-10-5-11-17-29/h3-4,6-21,25,30-32,35-38H,2,22-24H2,1H3,(H,39,40,41)(H,42,43,44). The molecule has 3 aromatic rings. The van der Waals surface area contributed by atoms with Gasteiger partial charge < -0.3 is 20.4 Å². The molecule has 247 valence electrons. The molecule has 0 fully saturated rings. The largest absolute Gasteiger partial charge is 0.393 e. The van der Waals surface area contributed by atoms with Crippen LogP contribution in [-0.2, 0) is 33.1 Å². The van der Waals surface area contributed by atoms with Crippen molar-refractivity contribution in [2.24, 2.45) is 0 Å². The number of aliphatic hydroxyl groups is 4. The van der Waals surface area contributed by atoms with Gasteiger partial charge in [0.25, 0.3) is 20.2 Å². The first-order valence-electron chi connectivity index (χ1n) is 14.3. The molecule has 0 saturated heterocycles. The SMILES string of the molecule is C=C(c1cc[c]cc1)C(O)C(C=CC(O)C(C=CC(O)CC(C)O)(Cc1ccccc1)S(=O)(=O)O)(Cc1ccccc1)S(=O)(=O)O. The summed E-state index contributed by atoms with van der Waals surface area (Å²) >= 11 is 0. The molecule has 0 aliphatic heterocycles. The first-order valence-corrected chi connectivity index (χ1v) is 17.2. The van der Waals surface area contributed by atoms with Crippen molar-refractivity contribution in [2.45, 2.75) is 60.1 Å². The maximum Gasteiger partial charge on any atom is 0.277 e. The van der Waals surface area contributed by atoms with E-state index in [0.717, 1.165) is 24.3 Å². The lowest BCUT2D eigenvalue weighted by molar-refractivity contribution is 0.116. The molecule has 0 heterocycles. The molecule has 6 unspecified atom stereocenters. The molecule has 46 heavy (non-hydrogen) atoms. The maximum atomic E-state index is 13.3. The average molecular weight is 672 g/mol. The maximum absolute atomic E-state index is 13.3. The molecule has 0 aliphatic rings. The van der Waals surface area contributed by atoms with Crippen LogP contribution in [0.4, 0.5) is 0 Å². The third-order valence-corrected chi connectivity index (χ3v) is 10.7. The predicted octanol–water partition coefficient (Wildman–Crippen LogP) is 3.20. The average Bonchev–Trinajstić information content (AvgIpc) is 3.00. The van der Waals surface area contributed by atoms with Gasteiger partial charge in [-0.1, -0.05) is 116 Å². The van der Waals surface area contributed by atoms with Gasteiger partial charge in [0.05, 0.1) is 18.3 Å². The molecule has 3 aromatic carbocycles. The quantitative estimate of drug-likeness (QED) is 0.0975. The van der Waals surface area contributed by atoms with Crippen LogP contribution in [0.1, 0.15) is 30.0 Å². The highest BCUT2D eigenvalue weighted by Crippen LogP contribution is 2.37. The summed E-state index contributed by atoms with van der Waals surface area (Å²) in [6.45, 7) is 5.26. The third-order valence-electron chi connectivity index (χ3n) is 7.73. The van der Waals surface area contributed by atoms with Crippen LogP contribution < -0.4 is 0 Å². The van der Waals surface area contributed by atoms with Crippen molar-refractivity contribution in [3.8, 4) is 0 Å². The second-order valence-electron chi connectivity index (χ2n) is 11.2. The Balaban J connectivity index is 2.26. The van der Waals surface area contributed by atoms with E-state index in [1.54, 1.807) is 60.7 Å². The summed E-state index contributed by atoms with van der Waals surface area (Å²) in [6.07, 6.45) is -4.37. The lowest BCUT2D eigenvalue weighted by Crippen LogP contribution is -2.52. The summed E-state index contributed by atoms with van der Waals surface area (Å²) in [6, 6.07) is 24.8. The third kappa shape index (κ3) is 8.87. The van der Waals surface area contributed by atoms with Crippen molar-refractivity contribution in [1.29, 1.82) is 0 Å². The van der Waals surface area contributed by atoms with E-state index in [-0.39, 0.29) is 12.0 Å². The molecule has 6 N–H and O–H groups in total. The molecular weight excluding hydrogens is 632 g/mol. The van der Waals surface area contributed by atoms with Crippen molar-refractivity contribution in [3.05, 3.63) is 139 Å². The fourth-order valence-electron chi connectivity index (χ4n) is 5.16. The van der Waals surface area contributed by atoms with Crippen LogP contribution in [0.15, 0.2) is 116 Å². The minimum Gasteiger partial charge on any atom is -0.393 e. The fourth-order valence-corrected chi connectivity index (χ4v) is 7.17. The van der Waals surface area contributed by atoms with Crippen LogP contribution in [0.5, 0.6) is 0 Å². The smallest absolute Gasteiger partial charge is 0.277 e. The fraction of sp³-hybridized carbons (Fsp3) is 0.294. The summed E-state index contributed by atoms with van der Waals surface area (Å²) in [5.41, 5.74) is 0.932. The van der Waals surface area contributed by atoms with Gasteiger partial charge in [-0.05, 0) is 35.3 Å². The Hall–Kier alpha value is -3.46. The Morgan fingerprint density at radius 2 is 1.22 bits per heavy atom. The van der Waals surface area contributed by atoms with E-state index >= 15 is 0 Å². The van der Waals surface area contributed by atoms with E-state index < -0.39 is 67.0 Å². The summed E-state index contributed by atoms with van der Waals surface area (Å²) in [5, 5.41) is 43.3. The van der Waals surface area contributed by atoms with Crippen LogP contribution in [0.2, 0.25) is 0 Å². The monoisotopic (exact) mass is 671 g/mol. The van der Waals surface area contributed by atoms with Crippen molar-refractivity contribution >= 4 is 25.8 Å². The van der Waals surface area contributed by atoms with Gasteiger partial charge in [0.2, 0.25) is 0 Å². The lowest BCUT2D eigenvalue weighted by Gasteiger charge is -2.36. The summed E-state index contributed by atoms with van der Waals surface area (Å²) in [4.78, 5) is 0. The minimum absolute atomic E-state index is 0.104. The van der Waals surface area contributed by atoms with E-state index in [1.165, 1.54) is 31.2 Å². The van der Waals surface area contributed by atoms with Crippen molar-refractivity contribution in [3.63, 3.8) is 0 Å². The zero-order valence-electron chi connectivity index (χ0n) is 25.2. The van der Waals surface area contributed by atoms with Gasteiger partial charge in [0, 0.05) is 19.3 Å². The Kier molecular flexibility index (Phi) is 12.4. The zero-order chi connectivity index (χ0) is 34.2. The molecule has 0 amide bonds. The van der Waals surface area contributed by atoms with Crippen molar-refractivity contribution < 1.29 is 46.4 Å². The van der Waals surface area contributed by atoms with Crippen LogP contribution in [0, 0.1) is 6.07 Å². The first kappa shape index (κ1) is 37.0. The van der Waals surface area contributed by atoms with Crippen molar-refractivity contribution in [1.82, 2.24) is 0 Å². The molecular formula is C34H39O10S2. The van der Waals surface area contributed by atoms with E-state index in [0.29, 0.717) is 16.7 Å². The molecule has 3 rings (SSSR count). The molecule has 10 nitrogen and oxygen atoms in total. The van der Waals surface area contributed by atoms with Gasteiger partial charge in [-0.15, -0.1) is 0 Å². The molecule has 0 spiro atoms. The summed E-state index contributed by atoms with van der Waals surface area (Å²) in [7, 11) is -10.5. The Morgan fingerprint density at radius 3 is 1.67 bits per heavy atom. The highest BCUT2D eigenvalue weighted by molar-refractivity contribution is 7.87. The molecule has 6 atom stereocenters. The topological polar surface area (TPSA) is 190 Å². The van der Waals surface area contributed by atoms with E-state index in [9.17, 15) is 46.4 Å². The second-order valence-corrected chi connectivity index (χ2v) is 14.6. The summed E-state index contributed by atoms with van der Waals surface area (Å²) < 4.78 is 68.9. The number of rotatable bonds is 16. The first-order chi connectivity index (χ1) is 21.5. The highest BCUT2D eigenvalue weighted by atomic mass is 32.2. The van der Waals surface area contributed by atoms with Crippen LogP contribution in [0.3, 0.4) is 0 Å². The Bertz CT molecular complexity index is 1710. The van der Waals surface area contributed by atoms with Crippen LogP contribution in [-0.4, -0.2) is 80.3 Å². The van der Waals surface area contributed by atoms with Gasteiger partial charge in [0.15, 0.2) is 0 Å². The summed E-state index contributed by atoms with van der Waals surface area (Å²) in [5.74, 6) is 0. The van der Waals surface area contributed by atoms with Gasteiger partial charge in [-0.25, -0.2) is 0 Å². The lowest BCUT2D eigenvalue weighted by atomic mass is 9.84. The normalized spacial score (nSPS) is 18.0. The van der Waals surface area contributed by atoms with E-state index in [4.69, 9.17) is 0 Å². The van der Waals surface area contributed by atoms with Crippen molar-refractivity contribution in [2.75, 3.05) is 0 Å². The highest BCUT2D eigenvalue weighted by Gasteiger charge is 2.51. The van der Waals surface area contributed by atoms with E-state index in [2.05, 4.69) is 12.6 Å². The number of hydrogen-bond donors (Lipinski definition) is 6. The molecule has 12 heteroatoms. The molecule has 0 aromatic heterocycles. The van der Waals surface area contributed by atoms with Crippen LogP contribution in [0.25, 0.3) is 5.57 Å². The zero-order valence-corrected chi connectivity index (χ0v) is 26.8. The van der Waals surface area contributed by atoms with Crippen LogP contribution >= 0.6 is 0 Å². The molecule has 0 aliphatic carbocycles. The number of aliphatic hydroxyl groups excluding tert-OH is 4. The van der Waals surface area contributed by atoms with Gasteiger partial charge in [-0.3, -0.25) is 9.11 Å². The second kappa shape index (κ2) is 15.4. The number of hydrogen-bond acceptors (Lipinski definition) is 8. The molecule has 0 saturated carbocycles. The van der Waals surface area contributed by atoms with E-state index in [1.807, 2.05) is 0 Å². The number of benzene rings is 3. The van der Waals surface area contributed by atoms with Gasteiger partial charge in [-0.2, -0.15) is 16.8 Å². The molecule has 1 radical (unpaired) electrons. The minimum atomic E-state index is -5.27. The van der Waals surface area contributed by atoms with Gasteiger partial charge in [0.1, 0.15) is 15.6 Å². The van der Waals surface area contributed by atoms with Gasteiger partial charge >= 0.3 is 0 Å².